The fourth-order valence-corrected chi connectivity index (χ4v) is 1.20. The van der Waals surface area contributed by atoms with E-state index < -0.39 is 0 Å². The number of halogens is 2. The average molecular weight is 262 g/mol. The van der Waals surface area contributed by atoms with Crippen molar-refractivity contribution in [3.05, 3.63) is 28.5 Å². The molecule has 0 spiro atoms. The molecule has 1 unspecified atom stereocenters. The minimum absolute atomic E-state index is 0.113. The summed E-state index contributed by atoms with van der Waals surface area (Å²) in [6.07, 6.45) is 0.113. The van der Waals surface area contributed by atoms with Gasteiger partial charge in [0.15, 0.2) is 0 Å². The smallest absolute Gasteiger partial charge is 0.139 e. The highest BCUT2D eigenvalue weighted by Gasteiger charge is 2.02. The van der Waals surface area contributed by atoms with Crippen molar-refractivity contribution >= 4 is 21.6 Å². The lowest BCUT2D eigenvalue weighted by Crippen LogP contribution is -2.18. The van der Waals surface area contributed by atoms with Crippen LogP contribution in [-0.2, 0) is 4.74 Å². The molecule has 0 aliphatic rings. The third-order valence-electron chi connectivity index (χ3n) is 1.92. The predicted molar refractivity (Wildman–Crippen MR) is 59.1 cm³/mol. The molecule has 0 fully saturated rings. The number of rotatable bonds is 4. The molecule has 0 saturated heterocycles. The molecular formula is C10H13BrFNO. The van der Waals surface area contributed by atoms with Crippen LogP contribution in [0.3, 0.4) is 0 Å². The molecule has 78 valence electrons. The van der Waals surface area contributed by atoms with Crippen molar-refractivity contribution < 1.29 is 9.13 Å². The van der Waals surface area contributed by atoms with E-state index in [0.717, 1.165) is 5.69 Å². The summed E-state index contributed by atoms with van der Waals surface area (Å²) in [6.45, 7) is 2.61. The van der Waals surface area contributed by atoms with Gasteiger partial charge in [-0.1, -0.05) is 0 Å². The topological polar surface area (TPSA) is 21.3 Å². The van der Waals surface area contributed by atoms with E-state index in [0.29, 0.717) is 11.0 Å². The number of nitrogens with one attached hydrogen (secondary N) is 1. The van der Waals surface area contributed by atoms with E-state index >= 15 is 0 Å². The molecular weight excluding hydrogens is 249 g/mol. The Balaban J connectivity index is 2.55. The van der Waals surface area contributed by atoms with Crippen LogP contribution in [0.2, 0.25) is 0 Å². The van der Waals surface area contributed by atoms with E-state index in [1.165, 1.54) is 6.07 Å². The van der Waals surface area contributed by atoms with E-state index in [1.54, 1.807) is 13.2 Å². The molecule has 1 rings (SSSR count). The van der Waals surface area contributed by atoms with Crippen LogP contribution in [-0.4, -0.2) is 19.8 Å². The molecule has 0 radical (unpaired) electrons. The van der Waals surface area contributed by atoms with Gasteiger partial charge >= 0.3 is 0 Å². The highest BCUT2D eigenvalue weighted by atomic mass is 79.9. The first-order chi connectivity index (χ1) is 6.63. The van der Waals surface area contributed by atoms with Crippen LogP contribution in [0.4, 0.5) is 10.1 Å². The number of ether oxygens (including phenoxy) is 1. The molecule has 2 nitrogen and oxygen atoms in total. The quantitative estimate of drug-likeness (QED) is 0.900. The number of hydrogen-bond acceptors (Lipinski definition) is 2. The molecule has 1 N–H and O–H groups in total. The van der Waals surface area contributed by atoms with E-state index in [-0.39, 0.29) is 11.9 Å². The first-order valence-electron chi connectivity index (χ1n) is 4.35. The van der Waals surface area contributed by atoms with Crippen molar-refractivity contribution in [1.82, 2.24) is 0 Å². The monoisotopic (exact) mass is 261 g/mol. The largest absolute Gasteiger partial charge is 0.382 e. The summed E-state index contributed by atoms with van der Waals surface area (Å²) in [5, 5.41) is 3.08. The molecule has 0 aliphatic heterocycles. The van der Waals surface area contributed by atoms with E-state index in [4.69, 9.17) is 4.74 Å². The lowest BCUT2D eigenvalue weighted by molar-refractivity contribution is 0.129. The predicted octanol–water partition coefficient (Wildman–Crippen LogP) is 3.04. The standard InChI is InChI=1S/C10H13BrFNO/c1-7(14-2)6-13-8-3-4-9(11)10(12)5-8/h3-5,7,13H,6H2,1-2H3. The van der Waals surface area contributed by atoms with E-state index in [2.05, 4.69) is 21.2 Å². The maximum Gasteiger partial charge on any atom is 0.139 e. The summed E-state index contributed by atoms with van der Waals surface area (Å²) in [6, 6.07) is 4.94. The van der Waals surface area contributed by atoms with Crippen LogP contribution in [0.1, 0.15) is 6.92 Å². The molecule has 0 bridgehead atoms. The number of anilines is 1. The summed E-state index contributed by atoms with van der Waals surface area (Å²) >= 11 is 3.10. The van der Waals surface area contributed by atoms with Crippen LogP contribution in [0.5, 0.6) is 0 Å². The summed E-state index contributed by atoms with van der Waals surface area (Å²) < 4.78 is 18.6. The van der Waals surface area contributed by atoms with Gasteiger partial charge in [-0.25, -0.2) is 4.39 Å². The summed E-state index contributed by atoms with van der Waals surface area (Å²) in [7, 11) is 1.65. The molecule has 1 atom stereocenters. The maximum absolute atomic E-state index is 13.1. The van der Waals surface area contributed by atoms with Gasteiger partial charge in [0.25, 0.3) is 0 Å². The van der Waals surface area contributed by atoms with E-state index in [1.807, 2.05) is 13.0 Å². The fourth-order valence-electron chi connectivity index (χ4n) is 0.951. The van der Waals surface area contributed by atoms with Gasteiger partial charge in [-0.3, -0.25) is 0 Å². The Kier molecular flexibility index (Phi) is 4.35. The van der Waals surface area contributed by atoms with Crippen molar-refractivity contribution in [2.75, 3.05) is 19.0 Å². The van der Waals surface area contributed by atoms with Gasteiger partial charge in [0.1, 0.15) is 5.82 Å². The van der Waals surface area contributed by atoms with Crippen molar-refractivity contribution in [1.29, 1.82) is 0 Å². The second-order valence-corrected chi connectivity index (χ2v) is 3.91. The highest BCUT2D eigenvalue weighted by molar-refractivity contribution is 9.10. The zero-order valence-electron chi connectivity index (χ0n) is 8.18. The molecule has 0 saturated carbocycles. The number of methoxy groups -OCH3 is 1. The van der Waals surface area contributed by atoms with Crippen molar-refractivity contribution in [3.8, 4) is 0 Å². The Hall–Kier alpha value is -0.610. The normalized spacial score (nSPS) is 12.6. The van der Waals surface area contributed by atoms with Crippen LogP contribution >= 0.6 is 15.9 Å². The lowest BCUT2D eigenvalue weighted by atomic mass is 10.3. The molecule has 0 aliphatic carbocycles. The molecule has 1 aromatic carbocycles. The Morgan fingerprint density at radius 1 is 1.57 bits per heavy atom. The Labute approximate surface area is 91.6 Å². The van der Waals surface area contributed by atoms with Gasteiger partial charge in [0, 0.05) is 19.3 Å². The Morgan fingerprint density at radius 3 is 2.86 bits per heavy atom. The van der Waals surface area contributed by atoms with Gasteiger partial charge in [-0.05, 0) is 41.1 Å². The van der Waals surface area contributed by atoms with Crippen LogP contribution in [0, 0.1) is 5.82 Å². The van der Waals surface area contributed by atoms with E-state index in [9.17, 15) is 4.39 Å². The molecule has 4 heteroatoms. The average Bonchev–Trinajstić information content (AvgIpc) is 2.19. The minimum atomic E-state index is -0.264. The highest BCUT2D eigenvalue weighted by Crippen LogP contribution is 2.19. The SMILES string of the molecule is COC(C)CNc1ccc(Br)c(F)c1. The van der Waals surface area contributed by atoms with Crippen molar-refractivity contribution in [2.24, 2.45) is 0 Å². The summed E-state index contributed by atoms with van der Waals surface area (Å²) in [5.41, 5.74) is 0.759. The summed E-state index contributed by atoms with van der Waals surface area (Å²) in [4.78, 5) is 0. The van der Waals surface area contributed by atoms with Gasteiger partial charge in [-0.2, -0.15) is 0 Å². The first kappa shape index (κ1) is 11.5. The number of hydrogen-bond donors (Lipinski definition) is 1. The maximum atomic E-state index is 13.1. The molecule has 0 aromatic heterocycles. The van der Waals surface area contributed by atoms with Crippen molar-refractivity contribution in [2.45, 2.75) is 13.0 Å². The second-order valence-electron chi connectivity index (χ2n) is 3.06. The Bertz CT molecular complexity index is 306. The van der Waals surface area contributed by atoms with Gasteiger partial charge in [0.2, 0.25) is 0 Å². The lowest BCUT2D eigenvalue weighted by Gasteiger charge is -2.11. The van der Waals surface area contributed by atoms with Crippen LogP contribution in [0.15, 0.2) is 22.7 Å². The first-order valence-corrected chi connectivity index (χ1v) is 5.14. The second kappa shape index (κ2) is 5.32. The number of benzene rings is 1. The third-order valence-corrected chi connectivity index (χ3v) is 2.56. The minimum Gasteiger partial charge on any atom is -0.382 e. The molecule has 1 aromatic rings. The Morgan fingerprint density at radius 2 is 2.29 bits per heavy atom. The molecule has 14 heavy (non-hydrogen) atoms. The third kappa shape index (κ3) is 3.27. The summed E-state index contributed by atoms with van der Waals surface area (Å²) in [5.74, 6) is -0.264. The van der Waals surface area contributed by atoms with Gasteiger partial charge in [-0.15, -0.1) is 0 Å². The molecule has 0 heterocycles. The van der Waals surface area contributed by atoms with Crippen LogP contribution in [0.25, 0.3) is 0 Å². The zero-order valence-corrected chi connectivity index (χ0v) is 9.77. The van der Waals surface area contributed by atoms with Gasteiger partial charge in [0.05, 0.1) is 10.6 Å². The van der Waals surface area contributed by atoms with Gasteiger partial charge < -0.3 is 10.1 Å². The fraction of sp³-hybridized carbons (Fsp3) is 0.400. The van der Waals surface area contributed by atoms with Crippen LogP contribution < -0.4 is 5.32 Å². The van der Waals surface area contributed by atoms with Crippen molar-refractivity contribution in [3.63, 3.8) is 0 Å². The zero-order chi connectivity index (χ0) is 10.6. The molecule has 0 amide bonds.